The molecule has 1 N–H and O–H groups in total. The van der Waals surface area contributed by atoms with Crippen molar-refractivity contribution in [2.45, 2.75) is 13.8 Å². The average Bonchev–Trinajstić information content (AvgIpc) is 2.46. The Labute approximate surface area is 86.6 Å². The molecule has 1 heterocycles. The molecule has 0 unspecified atom stereocenters. The van der Waals surface area contributed by atoms with Gasteiger partial charge in [0.15, 0.2) is 0 Å². The molecule has 7 nitrogen and oxygen atoms in total. The standard InChI is InChI=1S/C8H12N4O3/c1-5(13)7-8(9-6(2)14)15-10-12(7)11(3)4/h1-4H3/p+1. The number of Topliss-reactive ketones (excluding diaryl/α,β-unsaturated/α-hetero) is 1. The highest BCUT2D eigenvalue weighted by Gasteiger charge is 2.31. The van der Waals surface area contributed by atoms with Crippen LogP contribution in [0.15, 0.2) is 4.52 Å². The molecule has 0 saturated carbocycles. The van der Waals surface area contributed by atoms with Crippen LogP contribution in [0.4, 0.5) is 5.88 Å². The summed E-state index contributed by atoms with van der Waals surface area (Å²) in [5, 5.41) is 7.58. The smallest absolute Gasteiger partial charge is 0.288 e. The van der Waals surface area contributed by atoms with Crippen LogP contribution >= 0.6 is 0 Å². The number of amides is 1. The Morgan fingerprint density at radius 1 is 1.40 bits per heavy atom. The van der Waals surface area contributed by atoms with E-state index in [-0.39, 0.29) is 23.3 Å². The Morgan fingerprint density at radius 2 is 2.00 bits per heavy atom. The fraction of sp³-hybridized carbons (Fsp3) is 0.500. The minimum atomic E-state index is -0.320. The summed E-state index contributed by atoms with van der Waals surface area (Å²) in [5.41, 5.74) is 0.204. The number of anilines is 1. The third kappa shape index (κ3) is 2.30. The van der Waals surface area contributed by atoms with E-state index in [0.717, 1.165) is 0 Å². The molecule has 0 aromatic carbocycles. The number of hydrogen-bond donors (Lipinski definition) is 1. The SMILES string of the molecule is CC(=O)Nc1on[n+](N(C)C)c1C(C)=O. The second-order valence-electron chi connectivity index (χ2n) is 3.22. The summed E-state index contributed by atoms with van der Waals surface area (Å²) < 4.78 is 4.85. The zero-order chi connectivity index (χ0) is 11.6. The topological polar surface area (TPSA) is 79.3 Å². The van der Waals surface area contributed by atoms with E-state index in [4.69, 9.17) is 4.52 Å². The van der Waals surface area contributed by atoms with Crippen molar-refractivity contribution in [1.29, 1.82) is 0 Å². The van der Waals surface area contributed by atoms with Crippen molar-refractivity contribution in [3.8, 4) is 0 Å². The number of carbonyl (C=O) groups is 2. The molecule has 0 radical (unpaired) electrons. The third-order valence-electron chi connectivity index (χ3n) is 1.63. The maximum atomic E-state index is 11.3. The van der Waals surface area contributed by atoms with E-state index in [9.17, 15) is 9.59 Å². The summed E-state index contributed by atoms with van der Waals surface area (Å²) >= 11 is 0. The third-order valence-corrected chi connectivity index (χ3v) is 1.63. The van der Waals surface area contributed by atoms with Gasteiger partial charge in [-0.1, -0.05) is 0 Å². The van der Waals surface area contributed by atoms with Crippen molar-refractivity contribution in [3.63, 3.8) is 0 Å². The number of aromatic nitrogens is 2. The molecule has 7 heteroatoms. The fourth-order valence-corrected chi connectivity index (χ4v) is 1.07. The van der Waals surface area contributed by atoms with Gasteiger partial charge in [0.2, 0.25) is 17.0 Å². The Kier molecular flexibility index (Phi) is 3.03. The van der Waals surface area contributed by atoms with Crippen molar-refractivity contribution in [2.75, 3.05) is 24.4 Å². The van der Waals surface area contributed by atoms with E-state index >= 15 is 0 Å². The number of hydrogen-bond acceptors (Lipinski definition) is 5. The van der Waals surface area contributed by atoms with Crippen LogP contribution in [0.1, 0.15) is 24.3 Å². The summed E-state index contributed by atoms with van der Waals surface area (Å²) in [4.78, 5) is 23.4. The van der Waals surface area contributed by atoms with Crippen LogP contribution in [0.3, 0.4) is 0 Å². The van der Waals surface area contributed by atoms with Crippen LogP contribution < -0.4 is 15.1 Å². The molecule has 0 spiro atoms. The van der Waals surface area contributed by atoms with Crippen molar-refractivity contribution in [1.82, 2.24) is 5.27 Å². The minimum absolute atomic E-state index is 0.0590. The lowest BCUT2D eigenvalue weighted by atomic mass is 10.3. The number of nitrogens with zero attached hydrogens (tertiary/aromatic N) is 3. The molecule has 0 aliphatic carbocycles. The molecule has 0 aliphatic heterocycles. The summed E-state index contributed by atoms with van der Waals surface area (Å²) in [5.74, 6) is -0.503. The van der Waals surface area contributed by atoms with E-state index in [1.807, 2.05) is 0 Å². The first-order chi connectivity index (χ1) is 6.93. The molecule has 1 aromatic rings. The molecule has 0 fully saturated rings. The van der Waals surface area contributed by atoms with Crippen LogP contribution in [0.25, 0.3) is 0 Å². The Morgan fingerprint density at radius 3 is 2.40 bits per heavy atom. The maximum Gasteiger partial charge on any atom is 0.373 e. The molecule has 0 aliphatic rings. The maximum absolute atomic E-state index is 11.3. The van der Waals surface area contributed by atoms with Gasteiger partial charge in [0.1, 0.15) is 0 Å². The van der Waals surface area contributed by atoms with Gasteiger partial charge in [0, 0.05) is 13.8 Å². The monoisotopic (exact) mass is 213 g/mol. The van der Waals surface area contributed by atoms with E-state index in [0.29, 0.717) is 0 Å². The van der Waals surface area contributed by atoms with Crippen molar-refractivity contribution in [2.24, 2.45) is 0 Å². The fourth-order valence-electron chi connectivity index (χ4n) is 1.07. The predicted octanol–water partition coefficient (Wildman–Crippen LogP) is -0.679. The molecular weight excluding hydrogens is 200 g/mol. The van der Waals surface area contributed by atoms with Gasteiger partial charge in [0.05, 0.1) is 18.9 Å². The quantitative estimate of drug-likeness (QED) is 0.531. The first-order valence-electron chi connectivity index (χ1n) is 4.31. The van der Waals surface area contributed by atoms with Crippen molar-refractivity contribution in [3.05, 3.63) is 5.69 Å². The Balaban J connectivity index is 3.18. The van der Waals surface area contributed by atoms with Crippen LogP contribution in [0, 0.1) is 0 Å². The summed E-state index contributed by atoms with van der Waals surface area (Å²) in [7, 11) is 3.40. The van der Waals surface area contributed by atoms with E-state index < -0.39 is 0 Å². The highest BCUT2D eigenvalue weighted by atomic mass is 16.5. The Bertz CT molecular complexity index is 397. The number of nitrogens with one attached hydrogen (secondary N) is 1. The summed E-state index contributed by atoms with van der Waals surface area (Å²) in [6, 6.07) is 0. The number of ketones is 1. The van der Waals surface area contributed by atoms with Gasteiger partial charge in [-0.15, -0.1) is 0 Å². The minimum Gasteiger partial charge on any atom is -0.288 e. The summed E-state index contributed by atoms with van der Waals surface area (Å²) in [6.07, 6.45) is 0. The molecule has 0 bridgehead atoms. The van der Waals surface area contributed by atoms with Gasteiger partial charge < -0.3 is 0 Å². The first-order valence-corrected chi connectivity index (χ1v) is 4.31. The van der Waals surface area contributed by atoms with E-state index in [1.165, 1.54) is 18.6 Å². The Hall–Kier alpha value is -1.92. The lowest BCUT2D eigenvalue weighted by Crippen LogP contribution is -2.57. The molecule has 15 heavy (non-hydrogen) atoms. The molecule has 82 valence electrons. The van der Waals surface area contributed by atoms with Gasteiger partial charge in [0.25, 0.3) is 0 Å². The van der Waals surface area contributed by atoms with Crippen molar-refractivity contribution >= 4 is 17.6 Å². The normalized spacial score (nSPS) is 9.87. The van der Waals surface area contributed by atoms with Gasteiger partial charge in [-0.2, -0.15) is 5.01 Å². The van der Waals surface area contributed by atoms with Crippen LogP contribution in [-0.2, 0) is 4.79 Å². The number of carbonyl (C=O) groups excluding carboxylic acids is 2. The second kappa shape index (κ2) is 4.07. The van der Waals surface area contributed by atoms with Crippen molar-refractivity contribution < 1.29 is 18.9 Å². The second-order valence-corrected chi connectivity index (χ2v) is 3.22. The van der Waals surface area contributed by atoms with E-state index in [2.05, 4.69) is 10.6 Å². The predicted molar refractivity (Wildman–Crippen MR) is 51.1 cm³/mol. The van der Waals surface area contributed by atoms with Crippen LogP contribution in [0.2, 0.25) is 0 Å². The zero-order valence-corrected chi connectivity index (χ0v) is 9.07. The molecule has 0 saturated heterocycles. The molecule has 0 atom stereocenters. The molecular formula is C8H13N4O3+. The molecule has 1 amide bonds. The van der Waals surface area contributed by atoms with Gasteiger partial charge in [-0.05, 0) is 0 Å². The lowest BCUT2D eigenvalue weighted by molar-refractivity contribution is -0.754. The highest BCUT2D eigenvalue weighted by molar-refractivity contribution is 5.98. The number of rotatable bonds is 3. The van der Waals surface area contributed by atoms with Crippen LogP contribution in [0.5, 0.6) is 0 Å². The highest BCUT2D eigenvalue weighted by Crippen LogP contribution is 2.10. The molecule has 1 aromatic heterocycles. The average molecular weight is 213 g/mol. The summed E-state index contributed by atoms with van der Waals surface area (Å²) in [6.45, 7) is 2.70. The van der Waals surface area contributed by atoms with Gasteiger partial charge in [-0.3, -0.25) is 19.4 Å². The van der Waals surface area contributed by atoms with Crippen LogP contribution in [-0.4, -0.2) is 31.1 Å². The zero-order valence-electron chi connectivity index (χ0n) is 9.07. The molecule has 1 rings (SSSR count). The van der Waals surface area contributed by atoms with Gasteiger partial charge >= 0.3 is 11.6 Å². The lowest BCUT2D eigenvalue weighted by Gasteiger charge is -1.98. The largest absolute Gasteiger partial charge is 0.373 e. The van der Waals surface area contributed by atoms with Gasteiger partial charge in [-0.25, -0.2) is 0 Å². The van der Waals surface area contributed by atoms with E-state index in [1.54, 1.807) is 19.1 Å². The first kappa shape index (κ1) is 11.2.